The quantitative estimate of drug-likeness (QED) is 0.516. The fraction of sp³-hybridized carbons (Fsp3) is 0.136. The maximum Gasteiger partial charge on any atom is 0.247 e. The first-order chi connectivity index (χ1) is 14.6. The lowest BCUT2D eigenvalue weighted by Gasteiger charge is -2.15. The summed E-state index contributed by atoms with van der Waals surface area (Å²) in [6.07, 6.45) is 8.64. The number of nitrogens with one attached hydrogen (secondary N) is 2. The molecule has 0 radical (unpaired) electrons. The van der Waals surface area contributed by atoms with Gasteiger partial charge < -0.3 is 10.6 Å². The van der Waals surface area contributed by atoms with Gasteiger partial charge in [0.25, 0.3) is 0 Å². The Morgan fingerprint density at radius 1 is 0.967 bits per heavy atom. The van der Waals surface area contributed by atoms with Gasteiger partial charge in [-0.25, -0.2) is 4.98 Å². The SMILES string of the molecule is CC(Nc1ccc(-c2ccnn2C)nc1)C(=O)Nc1ccc(-c2cccnc2)cn1. The van der Waals surface area contributed by atoms with Crippen molar-refractivity contribution in [2.75, 3.05) is 10.6 Å². The van der Waals surface area contributed by atoms with E-state index >= 15 is 0 Å². The molecular weight excluding hydrogens is 378 g/mol. The summed E-state index contributed by atoms with van der Waals surface area (Å²) in [5.41, 5.74) is 4.40. The van der Waals surface area contributed by atoms with Crippen LogP contribution in [0.4, 0.5) is 11.5 Å². The summed E-state index contributed by atoms with van der Waals surface area (Å²) in [6.45, 7) is 1.79. The highest BCUT2D eigenvalue weighted by Gasteiger charge is 2.14. The number of carbonyl (C=O) groups excluding carboxylic acids is 1. The van der Waals surface area contributed by atoms with Crippen LogP contribution >= 0.6 is 0 Å². The number of hydrogen-bond acceptors (Lipinski definition) is 6. The standard InChI is InChI=1S/C22H21N7O/c1-15(27-18-6-7-19(24-14-18)20-9-11-26-29(20)2)22(30)28-21-8-5-17(13-25-21)16-4-3-10-23-12-16/h3-15,27H,1-2H3,(H,25,28,30). The molecule has 4 aromatic rings. The fourth-order valence-corrected chi connectivity index (χ4v) is 2.98. The van der Waals surface area contributed by atoms with Crippen molar-refractivity contribution >= 4 is 17.4 Å². The van der Waals surface area contributed by atoms with Crippen LogP contribution < -0.4 is 10.6 Å². The number of rotatable bonds is 6. The summed E-state index contributed by atoms with van der Waals surface area (Å²) in [6, 6.07) is 12.7. The van der Waals surface area contributed by atoms with Crippen LogP contribution in [0.15, 0.2) is 73.4 Å². The van der Waals surface area contributed by atoms with Crippen molar-refractivity contribution in [1.29, 1.82) is 0 Å². The fourth-order valence-electron chi connectivity index (χ4n) is 2.98. The third kappa shape index (κ3) is 4.33. The first-order valence-corrected chi connectivity index (χ1v) is 9.48. The minimum atomic E-state index is -0.464. The first kappa shape index (κ1) is 19.3. The Balaban J connectivity index is 1.36. The molecule has 0 fully saturated rings. The van der Waals surface area contributed by atoms with E-state index in [-0.39, 0.29) is 5.91 Å². The van der Waals surface area contributed by atoms with Crippen LogP contribution in [0.25, 0.3) is 22.5 Å². The van der Waals surface area contributed by atoms with E-state index in [4.69, 9.17) is 0 Å². The Morgan fingerprint density at radius 2 is 1.83 bits per heavy atom. The third-order valence-electron chi connectivity index (χ3n) is 4.63. The molecule has 1 atom stereocenters. The largest absolute Gasteiger partial charge is 0.373 e. The average Bonchev–Trinajstić information content (AvgIpc) is 3.21. The van der Waals surface area contributed by atoms with E-state index in [1.807, 2.05) is 43.4 Å². The van der Waals surface area contributed by atoms with E-state index in [1.165, 1.54) is 0 Å². The third-order valence-corrected chi connectivity index (χ3v) is 4.63. The molecule has 8 nitrogen and oxygen atoms in total. The minimum absolute atomic E-state index is 0.188. The number of amides is 1. The Labute approximate surface area is 174 Å². The van der Waals surface area contributed by atoms with Crippen molar-refractivity contribution in [3.8, 4) is 22.5 Å². The molecule has 8 heteroatoms. The Morgan fingerprint density at radius 3 is 2.47 bits per heavy atom. The Hall–Kier alpha value is -4.07. The van der Waals surface area contributed by atoms with E-state index in [2.05, 4.69) is 30.7 Å². The molecule has 0 aliphatic rings. The molecule has 1 unspecified atom stereocenters. The van der Waals surface area contributed by atoms with Gasteiger partial charge in [0.2, 0.25) is 5.91 Å². The summed E-state index contributed by atoms with van der Waals surface area (Å²) in [5, 5.41) is 10.1. The molecule has 150 valence electrons. The van der Waals surface area contributed by atoms with Crippen LogP contribution in [0.3, 0.4) is 0 Å². The Bertz CT molecular complexity index is 1120. The second-order valence-corrected chi connectivity index (χ2v) is 6.80. The van der Waals surface area contributed by atoms with Crippen LogP contribution in [-0.4, -0.2) is 36.7 Å². The molecule has 30 heavy (non-hydrogen) atoms. The van der Waals surface area contributed by atoms with Crippen LogP contribution in [0.2, 0.25) is 0 Å². The van der Waals surface area contributed by atoms with Crippen molar-refractivity contribution in [3.05, 3.63) is 73.4 Å². The molecule has 0 spiro atoms. The van der Waals surface area contributed by atoms with Gasteiger partial charge >= 0.3 is 0 Å². The maximum absolute atomic E-state index is 12.5. The van der Waals surface area contributed by atoms with Gasteiger partial charge in [-0.2, -0.15) is 5.10 Å². The molecule has 1 amide bonds. The summed E-state index contributed by atoms with van der Waals surface area (Å²) in [7, 11) is 1.87. The predicted octanol–water partition coefficient (Wildman–Crippen LogP) is 3.38. The molecular formula is C22H21N7O. The summed E-state index contributed by atoms with van der Waals surface area (Å²) >= 11 is 0. The number of anilines is 2. The zero-order valence-corrected chi connectivity index (χ0v) is 16.6. The van der Waals surface area contributed by atoms with Crippen LogP contribution in [-0.2, 0) is 11.8 Å². The van der Waals surface area contributed by atoms with Gasteiger partial charge in [-0.15, -0.1) is 0 Å². The molecule has 4 aromatic heterocycles. The molecule has 0 bridgehead atoms. The second-order valence-electron chi connectivity index (χ2n) is 6.80. The van der Waals surface area contributed by atoms with E-state index in [0.29, 0.717) is 5.82 Å². The van der Waals surface area contributed by atoms with Gasteiger partial charge in [-0.1, -0.05) is 6.07 Å². The number of nitrogens with zero attached hydrogens (tertiary/aromatic N) is 5. The number of hydrogen-bond donors (Lipinski definition) is 2. The molecule has 0 aromatic carbocycles. The van der Waals surface area contributed by atoms with Gasteiger partial charge in [-0.05, 0) is 43.3 Å². The minimum Gasteiger partial charge on any atom is -0.373 e. The number of aryl methyl sites for hydroxylation is 1. The van der Waals surface area contributed by atoms with E-state index < -0.39 is 6.04 Å². The molecule has 4 rings (SSSR count). The Kier molecular flexibility index (Phi) is 5.47. The normalized spacial score (nSPS) is 11.7. The molecule has 4 heterocycles. The maximum atomic E-state index is 12.5. The lowest BCUT2D eigenvalue weighted by Crippen LogP contribution is -2.32. The van der Waals surface area contributed by atoms with E-state index in [9.17, 15) is 4.79 Å². The first-order valence-electron chi connectivity index (χ1n) is 9.48. The van der Waals surface area contributed by atoms with Crippen molar-refractivity contribution in [3.63, 3.8) is 0 Å². The van der Waals surface area contributed by atoms with E-state index in [1.54, 1.807) is 48.7 Å². The van der Waals surface area contributed by atoms with Crippen LogP contribution in [0, 0.1) is 0 Å². The molecule has 0 saturated heterocycles. The number of aromatic nitrogens is 5. The van der Waals surface area contributed by atoms with Crippen molar-refractivity contribution in [2.45, 2.75) is 13.0 Å². The molecule has 2 N–H and O–H groups in total. The monoisotopic (exact) mass is 399 g/mol. The lowest BCUT2D eigenvalue weighted by molar-refractivity contribution is -0.116. The zero-order chi connectivity index (χ0) is 20.9. The summed E-state index contributed by atoms with van der Waals surface area (Å²) < 4.78 is 1.76. The van der Waals surface area contributed by atoms with Gasteiger partial charge in [0, 0.05) is 43.0 Å². The highest BCUT2D eigenvalue weighted by Crippen LogP contribution is 2.19. The van der Waals surface area contributed by atoms with Gasteiger partial charge in [0.05, 0.1) is 23.3 Å². The van der Waals surface area contributed by atoms with Gasteiger partial charge in [0.15, 0.2) is 0 Å². The highest BCUT2D eigenvalue weighted by atomic mass is 16.2. The van der Waals surface area contributed by atoms with Crippen molar-refractivity contribution < 1.29 is 4.79 Å². The summed E-state index contributed by atoms with van der Waals surface area (Å²) in [4.78, 5) is 25.4. The van der Waals surface area contributed by atoms with Crippen LogP contribution in [0.5, 0.6) is 0 Å². The predicted molar refractivity (Wildman–Crippen MR) is 116 cm³/mol. The number of carbonyl (C=O) groups is 1. The van der Waals surface area contributed by atoms with Crippen molar-refractivity contribution in [1.82, 2.24) is 24.7 Å². The topological polar surface area (TPSA) is 97.6 Å². The van der Waals surface area contributed by atoms with Gasteiger partial charge in [0.1, 0.15) is 11.9 Å². The zero-order valence-electron chi connectivity index (χ0n) is 16.6. The van der Waals surface area contributed by atoms with Crippen molar-refractivity contribution in [2.24, 2.45) is 7.05 Å². The highest BCUT2D eigenvalue weighted by molar-refractivity contribution is 5.95. The lowest BCUT2D eigenvalue weighted by atomic mass is 10.1. The molecule has 0 saturated carbocycles. The van der Waals surface area contributed by atoms with Crippen LogP contribution in [0.1, 0.15) is 6.92 Å². The smallest absolute Gasteiger partial charge is 0.247 e. The summed E-state index contributed by atoms with van der Waals surface area (Å²) in [5.74, 6) is 0.304. The second kappa shape index (κ2) is 8.52. The number of pyridine rings is 3. The average molecular weight is 399 g/mol. The van der Waals surface area contributed by atoms with E-state index in [0.717, 1.165) is 28.2 Å². The molecule has 0 aliphatic heterocycles. The van der Waals surface area contributed by atoms with Gasteiger partial charge in [-0.3, -0.25) is 19.4 Å². The molecule has 0 aliphatic carbocycles.